The summed E-state index contributed by atoms with van der Waals surface area (Å²) in [6.07, 6.45) is 5.42. The highest BCUT2D eigenvalue weighted by atomic mass is 19.1. The lowest BCUT2D eigenvalue weighted by atomic mass is 10.1. The molecule has 16 heavy (non-hydrogen) atoms. The minimum absolute atomic E-state index is 0.159. The lowest BCUT2D eigenvalue weighted by Crippen LogP contribution is -1.98. The molecule has 1 rings (SSSR count). The van der Waals surface area contributed by atoms with E-state index in [1.54, 1.807) is 6.07 Å². The van der Waals surface area contributed by atoms with E-state index in [1.165, 1.54) is 25.3 Å². The zero-order valence-corrected chi connectivity index (χ0v) is 10.3. The first-order valence-electron chi connectivity index (χ1n) is 6.19. The Hall–Kier alpha value is -1.05. The van der Waals surface area contributed by atoms with Crippen molar-refractivity contribution in [2.75, 3.05) is 6.61 Å². The summed E-state index contributed by atoms with van der Waals surface area (Å²) in [6, 6.07) is 5.14. The van der Waals surface area contributed by atoms with E-state index < -0.39 is 0 Å². The Balaban J connectivity index is 2.34. The predicted molar refractivity (Wildman–Crippen MR) is 65.4 cm³/mol. The van der Waals surface area contributed by atoms with Crippen LogP contribution in [-0.2, 0) is 6.42 Å². The van der Waals surface area contributed by atoms with Crippen LogP contribution in [0.4, 0.5) is 4.39 Å². The molecular formula is C14H21FO. The summed E-state index contributed by atoms with van der Waals surface area (Å²) in [4.78, 5) is 0. The summed E-state index contributed by atoms with van der Waals surface area (Å²) in [7, 11) is 0. The third-order valence-corrected chi connectivity index (χ3v) is 2.67. The van der Waals surface area contributed by atoms with Crippen LogP contribution in [0.5, 0.6) is 5.75 Å². The fraction of sp³-hybridized carbons (Fsp3) is 0.571. The molecule has 90 valence electrons. The number of rotatable bonds is 7. The van der Waals surface area contributed by atoms with Gasteiger partial charge in [-0.2, -0.15) is 0 Å². The minimum atomic E-state index is -0.159. The smallest absolute Gasteiger partial charge is 0.130 e. The van der Waals surface area contributed by atoms with Gasteiger partial charge in [0.25, 0.3) is 0 Å². The topological polar surface area (TPSA) is 9.23 Å². The first kappa shape index (κ1) is 13.0. The zero-order chi connectivity index (χ0) is 11.8. The van der Waals surface area contributed by atoms with Crippen LogP contribution in [0.25, 0.3) is 0 Å². The van der Waals surface area contributed by atoms with Crippen LogP contribution in [-0.4, -0.2) is 6.61 Å². The fourth-order valence-electron chi connectivity index (χ4n) is 1.62. The summed E-state index contributed by atoms with van der Waals surface area (Å²) >= 11 is 0. The van der Waals surface area contributed by atoms with E-state index in [2.05, 4.69) is 6.92 Å². The fourth-order valence-corrected chi connectivity index (χ4v) is 1.62. The van der Waals surface area contributed by atoms with Crippen molar-refractivity contribution in [3.05, 3.63) is 29.6 Å². The van der Waals surface area contributed by atoms with Crippen molar-refractivity contribution < 1.29 is 9.13 Å². The second kappa shape index (κ2) is 7.26. The van der Waals surface area contributed by atoms with Gasteiger partial charge in [0.15, 0.2) is 0 Å². The Bertz CT molecular complexity index is 310. The molecular weight excluding hydrogens is 203 g/mol. The van der Waals surface area contributed by atoms with Crippen LogP contribution in [0.15, 0.2) is 18.2 Å². The highest BCUT2D eigenvalue weighted by Crippen LogP contribution is 2.17. The summed E-state index contributed by atoms with van der Waals surface area (Å²) in [5.74, 6) is 0.486. The van der Waals surface area contributed by atoms with Crippen LogP contribution < -0.4 is 4.74 Å². The number of aryl methyl sites for hydroxylation is 1. The maximum Gasteiger partial charge on any atom is 0.130 e. The van der Waals surface area contributed by atoms with Crippen LogP contribution >= 0.6 is 0 Å². The third kappa shape index (κ3) is 4.21. The van der Waals surface area contributed by atoms with Crippen LogP contribution in [0.2, 0.25) is 0 Å². The highest BCUT2D eigenvalue weighted by molar-refractivity contribution is 5.28. The minimum Gasteiger partial charge on any atom is -0.493 e. The molecule has 0 fully saturated rings. The first-order valence-corrected chi connectivity index (χ1v) is 6.19. The lowest BCUT2D eigenvalue weighted by Gasteiger charge is -2.07. The predicted octanol–water partition coefficient (Wildman–Crippen LogP) is 4.35. The van der Waals surface area contributed by atoms with Crippen molar-refractivity contribution in [1.29, 1.82) is 0 Å². The number of hydrogen-bond acceptors (Lipinski definition) is 1. The molecule has 0 aliphatic heterocycles. The summed E-state index contributed by atoms with van der Waals surface area (Å²) in [5.41, 5.74) is 0.748. The lowest BCUT2D eigenvalue weighted by molar-refractivity contribution is 0.303. The largest absolute Gasteiger partial charge is 0.493 e. The van der Waals surface area contributed by atoms with E-state index in [0.717, 1.165) is 18.4 Å². The van der Waals surface area contributed by atoms with E-state index in [9.17, 15) is 4.39 Å². The number of halogens is 1. The molecule has 0 spiro atoms. The Labute approximate surface area is 97.6 Å². The highest BCUT2D eigenvalue weighted by Gasteiger charge is 2.02. The maximum atomic E-state index is 13.4. The molecule has 0 radical (unpaired) electrons. The van der Waals surface area contributed by atoms with Gasteiger partial charge in [-0.25, -0.2) is 4.39 Å². The molecule has 0 heterocycles. The first-order chi connectivity index (χ1) is 7.77. The third-order valence-electron chi connectivity index (χ3n) is 2.67. The average molecular weight is 224 g/mol. The molecule has 0 bridgehead atoms. The van der Waals surface area contributed by atoms with Gasteiger partial charge in [-0.05, 0) is 24.5 Å². The zero-order valence-electron chi connectivity index (χ0n) is 10.3. The molecule has 2 heteroatoms. The molecule has 1 aromatic carbocycles. The van der Waals surface area contributed by atoms with Crippen LogP contribution in [0, 0.1) is 5.82 Å². The second-order valence-electron chi connectivity index (χ2n) is 4.02. The molecule has 0 saturated carbocycles. The van der Waals surface area contributed by atoms with Gasteiger partial charge in [0.1, 0.15) is 11.6 Å². The Morgan fingerprint density at radius 1 is 1.12 bits per heavy atom. The number of unbranched alkanes of at least 4 members (excludes halogenated alkanes) is 3. The Morgan fingerprint density at radius 3 is 2.56 bits per heavy atom. The molecule has 0 aliphatic carbocycles. The van der Waals surface area contributed by atoms with Crippen molar-refractivity contribution in [3.63, 3.8) is 0 Å². The molecule has 0 N–H and O–H groups in total. The van der Waals surface area contributed by atoms with Crippen molar-refractivity contribution in [2.24, 2.45) is 0 Å². The second-order valence-corrected chi connectivity index (χ2v) is 4.02. The molecule has 0 aromatic heterocycles. The van der Waals surface area contributed by atoms with Gasteiger partial charge in [0.05, 0.1) is 6.61 Å². The quantitative estimate of drug-likeness (QED) is 0.626. The monoisotopic (exact) mass is 224 g/mol. The van der Waals surface area contributed by atoms with E-state index in [0.29, 0.717) is 12.4 Å². The van der Waals surface area contributed by atoms with Crippen molar-refractivity contribution in [3.8, 4) is 5.75 Å². The van der Waals surface area contributed by atoms with Gasteiger partial charge in [0, 0.05) is 6.07 Å². The van der Waals surface area contributed by atoms with Gasteiger partial charge >= 0.3 is 0 Å². The van der Waals surface area contributed by atoms with Gasteiger partial charge in [-0.1, -0.05) is 39.2 Å². The van der Waals surface area contributed by atoms with Crippen molar-refractivity contribution in [1.82, 2.24) is 0 Å². The van der Waals surface area contributed by atoms with Crippen molar-refractivity contribution in [2.45, 2.75) is 46.0 Å². The number of hydrogen-bond donors (Lipinski definition) is 0. The van der Waals surface area contributed by atoms with Gasteiger partial charge in [0.2, 0.25) is 0 Å². The van der Waals surface area contributed by atoms with Gasteiger partial charge < -0.3 is 4.74 Å². The molecule has 0 aliphatic rings. The molecule has 0 unspecified atom stereocenters. The van der Waals surface area contributed by atoms with E-state index >= 15 is 0 Å². The Morgan fingerprint density at radius 2 is 1.94 bits per heavy atom. The molecule has 0 atom stereocenters. The van der Waals surface area contributed by atoms with Crippen LogP contribution in [0.1, 0.15) is 45.1 Å². The van der Waals surface area contributed by atoms with Crippen LogP contribution in [0.3, 0.4) is 0 Å². The van der Waals surface area contributed by atoms with Crippen molar-refractivity contribution >= 4 is 0 Å². The Kier molecular flexibility index (Phi) is 5.91. The average Bonchev–Trinajstić information content (AvgIpc) is 2.29. The number of ether oxygens (including phenoxy) is 1. The summed E-state index contributed by atoms with van der Waals surface area (Å²) < 4.78 is 18.9. The molecule has 0 saturated heterocycles. The van der Waals surface area contributed by atoms with E-state index in [4.69, 9.17) is 4.74 Å². The molecule has 1 aromatic rings. The van der Waals surface area contributed by atoms with E-state index in [-0.39, 0.29) is 5.82 Å². The van der Waals surface area contributed by atoms with Gasteiger partial charge in [-0.3, -0.25) is 0 Å². The van der Waals surface area contributed by atoms with Gasteiger partial charge in [-0.15, -0.1) is 0 Å². The summed E-state index contributed by atoms with van der Waals surface area (Å²) in [5, 5.41) is 0. The van der Waals surface area contributed by atoms with E-state index in [1.807, 2.05) is 13.0 Å². The maximum absolute atomic E-state index is 13.4. The molecule has 0 amide bonds. The number of benzene rings is 1. The standard InChI is InChI=1S/C14H21FO/c1-3-5-6-7-10-16-13-9-8-12(4-2)14(15)11-13/h8-9,11H,3-7,10H2,1-2H3. The molecule has 1 nitrogen and oxygen atoms in total. The normalized spacial score (nSPS) is 10.4. The summed E-state index contributed by atoms with van der Waals surface area (Å²) in [6.45, 7) is 4.81. The SMILES string of the molecule is CCCCCCOc1ccc(CC)c(F)c1.